The van der Waals surface area contributed by atoms with Gasteiger partial charge in [0, 0.05) is 0 Å². The molecule has 0 atom stereocenters. The zero-order valence-corrected chi connectivity index (χ0v) is 28.9. The fourth-order valence-corrected chi connectivity index (χ4v) is 23.8. The van der Waals surface area contributed by atoms with Gasteiger partial charge in [-0.3, -0.25) is 0 Å². The molecule has 30 heavy (non-hydrogen) atoms. The number of benzene rings is 1. The van der Waals surface area contributed by atoms with Crippen molar-refractivity contribution in [2.75, 3.05) is 0 Å². The van der Waals surface area contributed by atoms with E-state index in [4.69, 9.17) is 0 Å². The number of thiophene rings is 2. The van der Waals surface area contributed by atoms with E-state index in [2.05, 4.69) is 94.9 Å². The van der Waals surface area contributed by atoms with Crippen LogP contribution in [0.2, 0.25) is 45.4 Å². The molecule has 1 aromatic carbocycles. The molecule has 2 aromatic heterocycles. The van der Waals surface area contributed by atoms with E-state index in [0.717, 1.165) is 0 Å². The molecule has 0 unspecified atom stereocenters. The fraction of sp³-hybridized carbons (Fsp3) is 0.417. The molecule has 0 amide bonds. The second kappa shape index (κ2) is 7.32. The van der Waals surface area contributed by atoms with E-state index in [9.17, 15) is 0 Å². The molecule has 2 aliphatic rings. The fourth-order valence-electron chi connectivity index (χ4n) is 5.17. The van der Waals surface area contributed by atoms with E-state index in [1.165, 1.54) is 8.87 Å². The van der Waals surface area contributed by atoms with Crippen LogP contribution in [0.5, 0.6) is 0 Å². The summed E-state index contributed by atoms with van der Waals surface area (Å²) in [5.41, 5.74) is 3.26. The van der Waals surface area contributed by atoms with Crippen molar-refractivity contribution in [1.29, 1.82) is 0 Å². The van der Waals surface area contributed by atoms with Crippen LogP contribution in [0.15, 0.2) is 24.3 Å². The molecule has 0 N–H and O–H groups in total. The minimum atomic E-state index is -2.03. The van der Waals surface area contributed by atoms with Gasteiger partial charge in [0.25, 0.3) is 0 Å². The van der Waals surface area contributed by atoms with Gasteiger partial charge in [0.1, 0.15) is 0 Å². The zero-order valence-electron chi connectivity index (χ0n) is 19.5. The quantitative estimate of drug-likeness (QED) is 0.355. The Morgan fingerprint density at radius 1 is 0.767 bits per heavy atom. The molecule has 0 spiro atoms. The van der Waals surface area contributed by atoms with Crippen molar-refractivity contribution < 1.29 is 0 Å². The van der Waals surface area contributed by atoms with Crippen molar-refractivity contribution in [3.63, 3.8) is 0 Å². The third kappa shape index (κ3) is 3.21. The molecule has 2 radical (unpaired) electrons. The number of fused-ring (bicyclic) bond motifs is 6. The molecule has 5 rings (SSSR count). The SMILES string of the molecule is C[CH2][Sn][CH2]c1cc2c(s1)-c1cc3c(cc1[Si]2(C)C)-c1s[c]([Sn]([CH3])([CH3])[CH3])cc1[Si]3(C)C. The minimum absolute atomic E-state index is 0.180. The first-order chi connectivity index (χ1) is 14.0. The van der Waals surface area contributed by atoms with Crippen molar-refractivity contribution in [1.82, 2.24) is 0 Å². The van der Waals surface area contributed by atoms with Gasteiger partial charge in [0.2, 0.25) is 0 Å². The van der Waals surface area contributed by atoms with E-state index < -0.39 is 34.5 Å². The maximum absolute atomic E-state index is 2.69. The first-order valence-corrected chi connectivity index (χ1v) is 32.8. The molecule has 0 fully saturated rings. The van der Waals surface area contributed by atoms with Gasteiger partial charge in [0.05, 0.1) is 0 Å². The van der Waals surface area contributed by atoms with E-state index in [1.807, 2.05) is 0 Å². The van der Waals surface area contributed by atoms with Gasteiger partial charge in [-0.1, -0.05) is 0 Å². The summed E-state index contributed by atoms with van der Waals surface area (Å²) in [6.45, 7) is 12.8. The van der Waals surface area contributed by atoms with Crippen molar-refractivity contribution in [2.24, 2.45) is 0 Å². The van der Waals surface area contributed by atoms with E-state index in [0.29, 0.717) is 0 Å². The molecule has 6 heteroatoms. The summed E-state index contributed by atoms with van der Waals surface area (Å²) in [6.07, 6.45) is 0. The normalized spacial score (nSPS) is 17.6. The predicted molar refractivity (Wildman–Crippen MR) is 149 cm³/mol. The van der Waals surface area contributed by atoms with Crippen molar-refractivity contribution in [2.45, 2.75) is 56.8 Å². The Morgan fingerprint density at radius 2 is 1.30 bits per heavy atom. The maximum atomic E-state index is 2.69. The van der Waals surface area contributed by atoms with Gasteiger partial charge in [-0.15, -0.1) is 0 Å². The van der Waals surface area contributed by atoms with Gasteiger partial charge in [0.15, 0.2) is 0 Å². The van der Waals surface area contributed by atoms with E-state index in [1.54, 1.807) is 49.4 Å². The van der Waals surface area contributed by atoms with Gasteiger partial charge >= 0.3 is 209 Å². The Hall–Kier alpha value is 0.651. The topological polar surface area (TPSA) is 0 Å². The number of rotatable bonds is 4. The molecule has 0 bridgehead atoms. The molecular formula is C24H32S2Si2Sn2. The second-order valence-corrected chi connectivity index (χ2v) is 41.7. The molecule has 0 saturated heterocycles. The van der Waals surface area contributed by atoms with Gasteiger partial charge in [-0.2, -0.15) is 0 Å². The third-order valence-corrected chi connectivity index (χ3v) is 30.2. The van der Waals surface area contributed by atoms with Crippen LogP contribution in [0.25, 0.3) is 20.9 Å². The Labute approximate surface area is 206 Å². The van der Waals surface area contributed by atoms with Crippen LogP contribution < -0.4 is 23.6 Å². The first-order valence-electron chi connectivity index (χ1n) is 11.1. The van der Waals surface area contributed by atoms with Gasteiger partial charge < -0.3 is 0 Å². The van der Waals surface area contributed by atoms with Crippen LogP contribution in [0.3, 0.4) is 0 Å². The molecular weight excluding hydrogens is 646 g/mol. The first kappa shape index (κ1) is 22.4. The molecule has 0 aliphatic carbocycles. The van der Waals surface area contributed by atoms with Crippen LogP contribution in [0.4, 0.5) is 0 Å². The molecule has 4 heterocycles. The summed E-state index contributed by atoms with van der Waals surface area (Å²) >= 11 is 2.10. The van der Waals surface area contributed by atoms with Gasteiger partial charge in [-0.05, 0) is 0 Å². The summed E-state index contributed by atoms with van der Waals surface area (Å²) in [5, 5.41) is 6.93. The van der Waals surface area contributed by atoms with E-state index in [-0.39, 0.29) is 21.1 Å². The molecule has 3 aromatic rings. The Balaban J connectivity index is 1.69. The van der Waals surface area contributed by atoms with Gasteiger partial charge in [-0.25, -0.2) is 0 Å². The molecule has 2 aliphatic heterocycles. The number of hydrogen-bond donors (Lipinski definition) is 0. The van der Waals surface area contributed by atoms with Crippen LogP contribution >= 0.6 is 22.7 Å². The zero-order chi connectivity index (χ0) is 21.6. The van der Waals surface area contributed by atoms with E-state index >= 15 is 0 Å². The average molecular weight is 678 g/mol. The van der Waals surface area contributed by atoms with Crippen LogP contribution in [-0.2, 0) is 4.44 Å². The predicted octanol–water partition coefficient (Wildman–Crippen LogP) is 4.60. The standard InChI is InChI=1S/C19H18S2Si2.C2H5.3CH3.2Sn/c1-11-8-17-19(21-11)13-10-15-12(9-16(13)23(17,4)5)18-14(6-7-20-18)22(15,2)3;1-2;;;;;/h6,8-10H,1H2,2-5H3;1H2,2H3;3*1H3;;. The molecule has 156 valence electrons. The monoisotopic (exact) mass is 680 g/mol. The van der Waals surface area contributed by atoms with Crippen molar-refractivity contribution in [3.05, 3.63) is 29.1 Å². The molecule has 0 saturated carbocycles. The molecule has 0 nitrogen and oxygen atoms in total. The summed E-state index contributed by atoms with van der Waals surface area (Å²) in [5.74, 6) is 0. The Morgan fingerprint density at radius 3 is 1.83 bits per heavy atom. The number of hydrogen-bond acceptors (Lipinski definition) is 2. The summed E-state index contributed by atoms with van der Waals surface area (Å²) in [6, 6.07) is 10.7. The Bertz CT molecular complexity index is 1180. The second-order valence-electron chi connectivity index (χ2n) is 11.0. The summed E-state index contributed by atoms with van der Waals surface area (Å²) in [7, 11) is -3.17. The van der Waals surface area contributed by atoms with Crippen LogP contribution in [0.1, 0.15) is 11.8 Å². The van der Waals surface area contributed by atoms with Crippen molar-refractivity contribution in [3.8, 4) is 20.9 Å². The Kier molecular flexibility index (Phi) is 5.48. The summed E-state index contributed by atoms with van der Waals surface area (Å²) in [4.78, 5) is 12.7. The average Bonchev–Trinajstić information content (AvgIpc) is 3.36. The van der Waals surface area contributed by atoms with Crippen LogP contribution in [-0.4, -0.2) is 55.7 Å². The summed E-state index contributed by atoms with van der Waals surface area (Å²) < 4.78 is 4.66. The third-order valence-electron chi connectivity index (χ3n) is 7.14. The van der Waals surface area contributed by atoms with Crippen LogP contribution in [0, 0.1) is 0 Å². The van der Waals surface area contributed by atoms with Crippen molar-refractivity contribution >= 4 is 102 Å².